The first-order chi connectivity index (χ1) is 14.4. The Kier molecular flexibility index (Phi) is 13.6. The fraction of sp³-hybridized carbons (Fsp3) is 0.571. The monoisotopic (exact) mass is 403 g/mol. The summed E-state index contributed by atoms with van der Waals surface area (Å²) in [5.74, 6) is 0. The third-order valence-corrected chi connectivity index (χ3v) is 4.79. The predicted molar refractivity (Wildman–Crippen MR) is 121 cm³/mol. The van der Waals surface area contributed by atoms with Crippen LogP contribution in [0.3, 0.4) is 0 Å². The van der Waals surface area contributed by atoms with E-state index in [-0.39, 0.29) is 0 Å². The molecule has 0 aromatic rings. The largest absolute Gasteiger partial charge is 0.319 e. The fourth-order valence-corrected chi connectivity index (χ4v) is 3.12. The van der Waals surface area contributed by atoms with E-state index in [1.54, 1.807) is 0 Å². The van der Waals surface area contributed by atoms with Crippen LogP contribution in [0.4, 0.5) is 0 Å². The van der Waals surface area contributed by atoms with Crippen molar-refractivity contribution in [3.05, 3.63) is 36.8 Å². The zero-order chi connectivity index (χ0) is 20.2. The van der Waals surface area contributed by atoms with Gasteiger partial charge in [-0.1, -0.05) is 0 Å². The first-order valence-corrected chi connectivity index (χ1v) is 10.8. The zero-order valence-electron chi connectivity index (χ0n) is 17.6. The van der Waals surface area contributed by atoms with Gasteiger partial charge in [-0.2, -0.15) is 0 Å². The van der Waals surface area contributed by atoms with E-state index in [2.05, 4.69) is 59.3 Å². The lowest BCUT2D eigenvalue weighted by atomic mass is 10.4. The highest BCUT2D eigenvalue weighted by atomic mass is 15.2. The van der Waals surface area contributed by atoms with Gasteiger partial charge in [-0.25, -0.2) is 0 Å². The number of quaternary nitrogens is 3. The highest BCUT2D eigenvalue weighted by Gasteiger charge is 2.06. The van der Waals surface area contributed by atoms with Crippen LogP contribution in [0, 0.1) is 0 Å². The van der Waals surface area contributed by atoms with Crippen LogP contribution >= 0.6 is 0 Å². The zero-order valence-corrected chi connectivity index (χ0v) is 17.6. The van der Waals surface area contributed by atoms with E-state index in [9.17, 15) is 0 Å². The van der Waals surface area contributed by atoms with Crippen LogP contribution in [-0.4, -0.2) is 107 Å². The number of aliphatic imine (C=N–C) groups is 3. The van der Waals surface area contributed by atoms with Gasteiger partial charge in [0, 0.05) is 76.1 Å². The Labute approximate surface area is 175 Å². The lowest BCUT2D eigenvalue weighted by molar-refractivity contribution is -0.592. The average molecular weight is 404 g/mol. The number of rotatable bonds is 0. The molecule has 0 saturated heterocycles. The first-order valence-electron chi connectivity index (χ1n) is 10.8. The molecular formula is C21H39N8+3. The van der Waals surface area contributed by atoms with Crippen molar-refractivity contribution in [2.75, 3.05) is 78.5 Å². The Balaban J connectivity index is 2.05. The third-order valence-electron chi connectivity index (χ3n) is 4.79. The van der Waals surface area contributed by atoms with Crippen LogP contribution in [0.25, 0.3) is 0 Å². The molecule has 0 fully saturated rings. The standard InChI is InChI=1S/C21H36N8/c1-4-22-10-16-28-18-12-24-6-2-7-25-13-19-29(17-11-23-5-1)21-15-27-9-3-8-26-14-20-28/h1-9,22,24,27H,10-21H2/p+3/b4-1-,6-2+,9-3+,23-5?,25-7?,26-8?. The van der Waals surface area contributed by atoms with Gasteiger partial charge in [-0.3, -0.25) is 24.8 Å². The van der Waals surface area contributed by atoms with Gasteiger partial charge in [0.15, 0.2) is 0 Å². The minimum atomic E-state index is 0.819. The molecule has 0 saturated carbocycles. The molecule has 2 bridgehead atoms. The highest BCUT2D eigenvalue weighted by molar-refractivity contribution is 5.71. The van der Waals surface area contributed by atoms with Gasteiger partial charge in [-0.05, 0) is 0 Å². The molecule has 160 valence electrons. The highest BCUT2D eigenvalue weighted by Crippen LogP contribution is 1.89. The first kappa shape index (κ1) is 23.3. The van der Waals surface area contributed by atoms with E-state index in [1.165, 1.54) is 0 Å². The Morgan fingerprint density at radius 1 is 0.483 bits per heavy atom. The Morgan fingerprint density at radius 2 is 0.828 bits per heavy atom. The molecule has 3 heterocycles. The summed E-state index contributed by atoms with van der Waals surface area (Å²) in [6.45, 7) is 11.6. The molecule has 3 aliphatic heterocycles. The van der Waals surface area contributed by atoms with Crippen LogP contribution in [-0.2, 0) is 0 Å². The van der Waals surface area contributed by atoms with Crippen molar-refractivity contribution in [2.45, 2.75) is 0 Å². The Hall–Kier alpha value is -1.97. The molecule has 8 heteroatoms. The van der Waals surface area contributed by atoms with E-state index < -0.39 is 0 Å². The van der Waals surface area contributed by atoms with Crippen molar-refractivity contribution in [1.29, 1.82) is 0 Å². The third kappa shape index (κ3) is 13.0. The van der Waals surface area contributed by atoms with Crippen molar-refractivity contribution in [2.24, 2.45) is 15.0 Å². The lowest BCUT2D eigenvalue weighted by Crippen LogP contribution is -2.81. The Bertz CT molecular complexity index is 545. The molecule has 0 radical (unpaired) electrons. The minimum absolute atomic E-state index is 0.819. The molecular weight excluding hydrogens is 364 g/mol. The number of allylic oxidation sites excluding steroid dienone is 3. The summed E-state index contributed by atoms with van der Waals surface area (Å²) in [4.78, 5) is 18.5. The maximum atomic E-state index is 4.54. The molecule has 0 aromatic carbocycles. The summed E-state index contributed by atoms with van der Waals surface area (Å²) >= 11 is 0. The summed E-state index contributed by atoms with van der Waals surface area (Å²) in [6, 6.07) is 0. The molecule has 2 unspecified atom stereocenters. The molecule has 29 heavy (non-hydrogen) atoms. The molecule has 6 N–H and O–H groups in total. The van der Waals surface area contributed by atoms with E-state index in [4.69, 9.17) is 0 Å². The second-order valence-corrected chi connectivity index (χ2v) is 7.08. The molecule has 0 aliphatic carbocycles. The SMILES string of the molecule is C1=NCCN2CCN=C/C=C/[NH2+]CCN(CCN=C/C=C/[NH2+]CC2)CC[NH2+]/C=C\1. The molecule has 0 aromatic heterocycles. The molecule has 2 atom stereocenters. The average Bonchev–Trinajstić information content (AvgIpc) is 2.72. The Morgan fingerprint density at radius 3 is 1.21 bits per heavy atom. The van der Waals surface area contributed by atoms with Crippen LogP contribution in [0.15, 0.2) is 51.8 Å². The van der Waals surface area contributed by atoms with Gasteiger partial charge in [0.2, 0.25) is 0 Å². The summed E-state index contributed by atoms with van der Waals surface area (Å²) in [5.41, 5.74) is 0. The van der Waals surface area contributed by atoms with Gasteiger partial charge in [0.05, 0.1) is 57.9 Å². The number of hydrogen-bond donors (Lipinski definition) is 3. The minimum Gasteiger partial charge on any atom is -0.319 e. The van der Waals surface area contributed by atoms with Gasteiger partial charge < -0.3 is 16.0 Å². The van der Waals surface area contributed by atoms with Gasteiger partial charge >= 0.3 is 0 Å². The summed E-state index contributed by atoms with van der Waals surface area (Å²) < 4.78 is 0. The summed E-state index contributed by atoms with van der Waals surface area (Å²) in [5, 5.41) is 6.67. The van der Waals surface area contributed by atoms with Gasteiger partial charge in [0.1, 0.15) is 0 Å². The van der Waals surface area contributed by atoms with Crippen molar-refractivity contribution < 1.29 is 16.0 Å². The molecule has 3 aliphatic rings. The smallest absolute Gasteiger partial charge is 0.0941 e. The second-order valence-electron chi connectivity index (χ2n) is 7.08. The number of hydrogen-bond acceptors (Lipinski definition) is 5. The van der Waals surface area contributed by atoms with Crippen molar-refractivity contribution in [1.82, 2.24) is 9.80 Å². The topological polar surface area (TPSA) is 93.4 Å². The number of nitrogens with zero attached hydrogens (tertiary/aromatic N) is 5. The number of nitrogens with two attached hydrogens (primary N) is 3. The number of fused-ring (bicyclic) bond motifs is 18. The summed E-state index contributed by atoms with van der Waals surface area (Å²) in [6.07, 6.45) is 18.2. The molecule has 0 amide bonds. The van der Waals surface area contributed by atoms with Gasteiger partial charge in [0.25, 0.3) is 0 Å². The molecule has 0 spiro atoms. The van der Waals surface area contributed by atoms with Crippen LogP contribution in [0.5, 0.6) is 0 Å². The maximum absolute atomic E-state index is 4.54. The predicted octanol–water partition coefficient (Wildman–Crippen LogP) is -2.94. The summed E-state index contributed by atoms with van der Waals surface area (Å²) in [7, 11) is 0. The quantitative estimate of drug-likeness (QED) is 0.404. The van der Waals surface area contributed by atoms with Crippen LogP contribution in [0.1, 0.15) is 0 Å². The van der Waals surface area contributed by atoms with Crippen LogP contribution < -0.4 is 16.0 Å². The maximum Gasteiger partial charge on any atom is 0.0941 e. The molecule has 8 nitrogen and oxygen atoms in total. The van der Waals surface area contributed by atoms with E-state index in [0.29, 0.717) is 0 Å². The fourth-order valence-electron chi connectivity index (χ4n) is 3.12. The van der Waals surface area contributed by atoms with E-state index in [1.807, 2.05) is 36.9 Å². The van der Waals surface area contributed by atoms with E-state index in [0.717, 1.165) is 78.5 Å². The second kappa shape index (κ2) is 16.9. The van der Waals surface area contributed by atoms with Crippen LogP contribution in [0.2, 0.25) is 0 Å². The van der Waals surface area contributed by atoms with Crippen molar-refractivity contribution >= 4 is 18.6 Å². The lowest BCUT2D eigenvalue weighted by Gasteiger charge is -2.19. The van der Waals surface area contributed by atoms with Gasteiger partial charge in [-0.15, -0.1) is 0 Å². The molecule has 3 rings (SSSR count). The normalized spacial score (nSPS) is 29.8. The van der Waals surface area contributed by atoms with E-state index >= 15 is 0 Å². The van der Waals surface area contributed by atoms with Crippen molar-refractivity contribution in [3.63, 3.8) is 0 Å². The van der Waals surface area contributed by atoms with Crippen molar-refractivity contribution in [3.8, 4) is 0 Å².